The molecule has 0 saturated carbocycles. The second-order valence-corrected chi connectivity index (χ2v) is 5.88. The molecule has 0 radical (unpaired) electrons. The molecule has 0 unspecified atom stereocenters. The average Bonchev–Trinajstić information content (AvgIpc) is 2.51. The molecule has 1 nitrogen and oxygen atoms in total. The fourth-order valence-corrected chi connectivity index (χ4v) is 2.92. The van der Waals surface area contributed by atoms with Gasteiger partial charge in [-0.05, 0) is 55.9 Å². The second kappa shape index (κ2) is 6.13. The monoisotopic (exact) mass is 265 g/mol. The maximum atomic E-state index is 2.51. The van der Waals surface area contributed by atoms with E-state index in [0.29, 0.717) is 0 Å². The van der Waals surface area contributed by atoms with E-state index in [-0.39, 0.29) is 0 Å². The normalized spacial score (nSPS) is 15.3. The molecule has 3 rings (SSSR count). The maximum Gasteiger partial charge on any atom is 0.0366 e. The molecule has 0 aromatic heterocycles. The highest BCUT2D eigenvalue weighted by Crippen LogP contribution is 2.21. The fourth-order valence-electron chi connectivity index (χ4n) is 2.92. The molecule has 1 heterocycles. The molecule has 1 fully saturated rings. The molecule has 2 aromatic carbocycles. The highest BCUT2D eigenvalue weighted by Gasteiger charge is 2.10. The van der Waals surface area contributed by atoms with Crippen LogP contribution in [-0.2, 0) is 6.42 Å². The molecule has 1 aliphatic heterocycles. The zero-order valence-electron chi connectivity index (χ0n) is 12.3. The van der Waals surface area contributed by atoms with Gasteiger partial charge >= 0.3 is 0 Å². The Morgan fingerprint density at radius 3 is 1.90 bits per heavy atom. The van der Waals surface area contributed by atoms with Crippen molar-refractivity contribution in [1.29, 1.82) is 0 Å². The highest BCUT2D eigenvalue weighted by molar-refractivity contribution is 5.48. The highest BCUT2D eigenvalue weighted by atomic mass is 15.1. The first-order valence-electron chi connectivity index (χ1n) is 7.71. The van der Waals surface area contributed by atoms with Crippen molar-refractivity contribution in [3.05, 3.63) is 65.2 Å². The van der Waals surface area contributed by atoms with Crippen LogP contribution in [0.2, 0.25) is 0 Å². The molecule has 0 bridgehead atoms. The average molecular weight is 265 g/mol. The first kappa shape index (κ1) is 13.2. The lowest BCUT2D eigenvalue weighted by atomic mass is 10.0. The van der Waals surface area contributed by atoms with E-state index in [1.54, 1.807) is 0 Å². The third-order valence-electron chi connectivity index (χ3n) is 4.19. The SMILES string of the molecule is Cc1ccc(Cc2ccc(N3CCCCC3)cc2)cc1. The number of piperidine rings is 1. The minimum Gasteiger partial charge on any atom is -0.372 e. The minimum atomic E-state index is 1.03. The Balaban J connectivity index is 1.67. The van der Waals surface area contributed by atoms with Gasteiger partial charge in [-0.1, -0.05) is 42.0 Å². The Morgan fingerprint density at radius 2 is 1.30 bits per heavy atom. The molecule has 20 heavy (non-hydrogen) atoms. The summed E-state index contributed by atoms with van der Waals surface area (Å²) in [6, 6.07) is 18.0. The summed E-state index contributed by atoms with van der Waals surface area (Å²) in [4.78, 5) is 2.51. The third kappa shape index (κ3) is 3.22. The zero-order chi connectivity index (χ0) is 13.8. The predicted molar refractivity (Wildman–Crippen MR) is 86.5 cm³/mol. The van der Waals surface area contributed by atoms with Crippen molar-refractivity contribution in [2.24, 2.45) is 0 Å². The molecule has 0 spiro atoms. The van der Waals surface area contributed by atoms with Crippen molar-refractivity contribution in [1.82, 2.24) is 0 Å². The first-order valence-corrected chi connectivity index (χ1v) is 7.71. The summed E-state index contributed by atoms with van der Waals surface area (Å²) in [5.41, 5.74) is 5.50. The lowest BCUT2D eigenvalue weighted by Gasteiger charge is -2.28. The molecule has 0 atom stereocenters. The summed E-state index contributed by atoms with van der Waals surface area (Å²) in [5.74, 6) is 0. The van der Waals surface area contributed by atoms with Crippen LogP contribution in [0.25, 0.3) is 0 Å². The van der Waals surface area contributed by atoms with Crippen LogP contribution in [0.15, 0.2) is 48.5 Å². The summed E-state index contributed by atoms with van der Waals surface area (Å²) in [7, 11) is 0. The van der Waals surface area contributed by atoms with Gasteiger partial charge in [0.2, 0.25) is 0 Å². The van der Waals surface area contributed by atoms with Gasteiger partial charge in [-0.25, -0.2) is 0 Å². The molecule has 0 N–H and O–H groups in total. The minimum absolute atomic E-state index is 1.03. The summed E-state index contributed by atoms with van der Waals surface area (Å²) in [6.07, 6.45) is 5.10. The number of hydrogen-bond donors (Lipinski definition) is 0. The van der Waals surface area contributed by atoms with Crippen molar-refractivity contribution >= 4 is 5.69 Å². The van der Waals surface area contributed by atoms with E-state index in [2.05, 4.69) is 60.4 Å². The van der Waals surface area contributed by atoms with Gasteiger partial charge in [-0.3, -0.25) is 0 Å². The smallest absolute Gasteiger partial charge is 0.0366 e. The predicted octanol–water partition coefficient (Wildman–Crippen LogP) is 4.58. The maximum absolute atomic E-state index is 2.51. The van der Waals surface area contributed by atoms with Gasteiger partial charge in [-0.2, -0.15) is 0 Å². The Labute approximate surface area is 122 Å². The molecule has 1 heteroatoms. The molecular formula is C19H23N. The number of rotatable bonds is 3. The van der Waals surface area contributed by atoms with Crippen LogP contribution in [0.3, 0.4) is 0 Å². The van der Waals surface area contributed by atoms with E-state index in [1.807, 2.05) is 0 Å². The van der Waals surface area contributed by atoms with E-state index < -0.39 is 0 Å². The third-order valence-corrected chi connectivity index (χ3v) is 4.19. The van der Waals surface area contributed by atoms with Crippen LogP contribution in [0.4, 0.5) is 5.69 Å². The van der Waals surface area contributed by atoms with Gasteiger partial charge in [0.05, 0.1) is 0 Å². The Hall–Kier alpha value is -1.76. The summed E-state index contributed by atoms with van der Waals surface area (Å²) < 4.78 is 0. The van der Waals surface area contributed by atoms with Crippen LogP contribution in [0.1, 0.15) is 36.0 Å². The van der Waals surface area contributed by atoms with Gasteiger partial charge < -0.3 is 4.90 Å². The second-order valence-electron chi connectivity index (χ2n) is 5.88. The molecule has 104 valence electrons. The Bertz CT molecular complexity index is 533. The van der Waals surface area contributed by atoms with Crippen LogP contribution >= 0.6 is 0 Å². The molecule has 0 aliphatic carbocycles. The van der Waals surface area contributed by atoms with Crippen molar-refractivity contribution < 1.29 is 0 Å². The number of benzene rings is 2. The van der Waals surface area contributed by atoms with Gasteiger partial charge in [0.15, 0.2) is 0 Å². The Kier molecular flexibility index (Phi) is 4.05. The fraction of sp³-hybridized carbons (Fsp3) is 0.368. The van der Waals surface area contributed by atoms with Gasteiger partial charge in [0, 0.05) is 18.8 Å². The van der Waals surface area contributed by atoms with Gasteiger partial charge in [-0.15, -0.1) is 0 Å². The van der Waals surface area contributed by atoms with E-state index >= 15 is 0 Å². The molecule has 0 amide bonds. The zero-order valence-corrected chi connectivity index (χ0v) is 12.3. The van der Waals surface area contributed by atoms with Crippen molar-refractivity contribution in [3.8, 4) is 0 Å². The van der Waals surface area contributed by atoms with Crippen LogP contribution < -0.4 is 4.90 Å². The lowest BCUT2D eigenvalue weighted by Crippen LogP contribution is -2.29. The quantitative estimate of drug-likeness (QED) is 0.785. The molecule has 1 aliphatic rings. The first-order chi connectivity index (χ1) is 9.81. The van der Waals surface area contributed by atoms with Gasteiger partial charge in [0.1, 0.15) is 0 Å². The molecule has 1 saturated heterocycles. The van der Waals surface area contributed by atoms with Crippen LogP contribution in [0.5, 0.6) is 0 Å². The molecule has 2 aromatic rings. The number of nitrogens with zero attached hydrogens (tertiary/aromatic N) is 1. The number of aryl methyl sites for hydroxylation is 1. The summed E-state index contributed by atoms with van der Waals surface area (Å²) >= 11 is 0. The number of hydrogen-bond acceptors (Lipinski definition) is 1. The Morgan fingerprint density at radius 1 is 0.750 bits per heavy atom. The molecular weight excluding hydrogens is 242 g/mol. The summed E-state index contributed by atoms with van der Waals surface area (Å²) in [5, 5.41) is 0. The van der Waals surface area contributed by atoms with E-state index in [4.69, 9.17) is 0 Å². The van der Waals surface area contributed by atoms with E-state index in [9.17, 15) is 0 Å². The number of anilines is 1. The van der Waals surface area contributed by atoms with E-state index in [0.717, 1.165) is 6.42 Å². The van der Waals surface area contributed by atoms with E-state index in [1.165, 1.54) is 54.7 Å². The van der Waals surface area contributed by atoms with Gasteiger partial charge in [0.25, 0.3) is 0 Å². The summed E-state index contributed by atoms with van der Waals surface area (Å²) in [6.45, 7) is 4.58. The van der Waals surface area contributed by atoms with Crippen LogP contribution in [0, 0.1) is 6.92 Å². The topological polar surface area (TPSA) is 3.24 Å². The van der Waals surface area contributed by atoms with Crippen molar-refractivity contribution in [2.75, 3.05) is 18.0 Å². The lowest BCUT2D eigenvalue weighted by molar-refractivity contribution is 0.578. The van der Waals surface area contributed by atoms with Crippen LogP contribution in [-0.4, -0.2) is 13.1 Å². The van der Waals surface area contributed by atoms with Crippen molar-refractivity contribution in [2.45, 2.75) is 32.6 Å². The standard InChI is InChI=1S/C19H23N/c1-16-5-7-17(8-6-16)15-18-9-11-19(12-10-18)20-13-3-2-4-14-20/h5-12H,2-4,13-15H2,1H3. The van der Waals surface area contributed by atoms with Crippen molar-refractivity contribution in [3.63, 3.8) is 0 Å². The largest absolute Gasteiger partial charge is 0.372 e.